The van der Waals surface area contributed by atoms with Crippen molar-refractivity contribution in [2.24, 2.45) is 22.9 Å². The molecule has 0 aromatic rings. The number of nitrogens with one attached hydrogen (secondary N) is 1. The molecule has 3 rings (SSSR count). The van der Waals surface area contributed by atoms with Gasteiger partial charge in [-0.05, 0) is 19.4 Å². The molecule has 298 valence electrons. The maximum atomic E-state index is 12.6. The molecule has 0 aromatic carbocycles. The van der Waals surface area contributed by atoms with E-state index in [0.717, 1.165) is 0 Å². The van der Waals surface area contributed by atoms with Gasteiger partial charge in [0.25, 0.3) is 0 Å². The van der Waals surface area contributed by atoms with E-state index >= 15 is 0 Å². The SMILES string of the molecule is NCCC(O)C(=O)N[C@@H]1C[C@H](N)C(O[C@H]2O[C@H](CN)[C@H](O)[C@H](O)[C@H]2O)[C@H](O)[C@@H]1O[C@H]1O[C@H](CO)[C@@H](O)[C@H](N)[C@H]1O.O=S(=O)(O)O.O=S(=O)(O)O. The largest absolute Gasteiger partial charge is 0.394 e. The summed E-state index contributed by atoms with van der Waals surface area (Å²) < 4.78 is 85.7. The van der Waals surface area contributed by atoms with Crippen LogP contribution in [0.3, 0.4) is 0 Å². The third-order valence-corrected chi connectivity index (χ3v) is 7.51. The first kappa shape index (κ1) is 46.6. The average Bonchev–Trinajstić information content (AvgIpc) is 2.99. The zero-order valence-electron chi connectivity index (χ0n) is 25.9. The minimum Gasteiger partial charge on any atom is -0.394 e. The van der Waals surface area contributed by atoms with Crippen molar-refractivity contribution in [3.8, 4) is 0 Å². The van der Waals surface area contributed by atoms with Gasteiger partial charge in [-0.1, -0.05) is 0 Å². The normalized spacial score (nSPS) is 40.0. The van der Waals surface area contributed by atoms with Gasteiger partial charge in [-0.25, -0.2) is 0 Å². The van der Waals surface area contributed by atoms with Crippen LogP contribution in [0.4, 0.5) is 0 Å². The van der Waals surface area contributed by atoms with Gasteiger partial charge in [0, 0.05) is 12.6 Å². The third-order valence-electron chi connectivity index (χ3n) is 7.51. The molecule has 0 radical (unpaired) electrons. The molecular weight excluding hydrogens is 734 g/mol. The van der Waals surface area contributed by atoms with Crippen LogP contribution in [0.2, 0.25) is 0 Å². The number of hydrogen-bond acceptors (Lipinski definition) is 21. The van der Waals surface area contributed by atoms with Crippen LogP contribution in [-0.2, 0) is 44.5 Å². The summed E-state index contributed by atoms with van der Waals surface area (Å²) in [5.74, 6) is -0.845. The minimum atomic E-state index is -4.67. The summed E-state index contributed by atoms with van der Waals surface area (Å²) in [5.41, 5.74) is 23.1. The summed E-state index contributed by atoms with van der Waals surface area (Å²) in [6.45, 7) is -0.898. The van der Waals surface area contributed by atoms with Gasteiger partial charge < -0.3 is 88.1 Å². The third kappa shape index (κ3) is 14.5. The predicted octanol–water partition coefficient (Wildman–Crippen LogP) is -9.73. The minimum absolute atomic E-state index is 0.0101. The second-order valence-corrected chi connectivity index (χ2v) is 13.0. The molecule has 50 heavy (non-hydrogen) atoms. The number of ether oxygens (including phenoxy) is 4. The van der Waals surface area contributed by atoms with Crippen LogP contribution in [0.25, 0.3) is 0 Å². The Morgan fingerprint density at radius 3 is 1.72 bits per heavy atom. The van der Waals surface area contributed by atoms with Gasteiger partial charge in [-0.2, -0.15) is 16.8 Å². The van der Waals surface area contributed by atoms with E-state index in [9.17, 15) is 45.6 Å². The Morgan fingerprint density at radius 1 is 0.760 bits per heavy atom. The first-order chi connectivity index (χ1) is 22.9. The molecule has 26 nitrogen and oxygen atoms in total. The molecule has 2 aliphatic heterocycles. The molecule has 2 saturated heterocycles. The second kappa shape index (κ2) is 20.1. The molecule has 1 saturated carbocycles. The Labute approximate surface area is 285 Å². The highest BCUT2D eigenvalue weighted by molar-refractivity contribution is 7.80. The van der Waals surface area contributed by atoms with E-state index in [-0.39, 0.29) is 25.9 Å². The molecule has 3 fully saturated rings. The van der Waals surface area contributed by atoms with E-state index in [0.29, 0.717) is 0 Å². The molecule has 0 spiro atoms. The first-order valence-electron chi connectivity index (χ1n) is 14.5. The van der Waals surface area contributed by atoms with Crippen molar-refractivity contribution >= 4 is 26.7 Å². The quantitative estimate of drug-likeness (QED) is 0.0915. The van der Waals surface area contributed by atoms with Crippen molar-refractivity contribution in [1.82, 2.24) is 5.32 Å². The van der Waals surface area contributed by atoms with E-state index in [4.69, 9.17) is 76.9 Å². The number of carbonyl (C=O) groups is 1. The lowest BCUT2D eigenvalue weighted by Crippen LogP contribution is -2.69. The molecule has 0 aromatic heterocycles. The van der Waals surface area contributed by atoms with E-state index < -0.39 is 131 Å². The van der Waals surface area contributed by atoms with Crippen molar-refractivity contribution in [2.45, 2.75) is 111 Å². The lowest BCUT2D eigenvalue weighted by atomic mass is 9.83. The molecular formula is C22H47N5O21S2. The monoisotopic (exact) mass is 781 g/mol. The van der Waals surface area contributed by atoms with Gasteiger partial charge >= 0.3 is 20.8 Å². The second-order valence-electron chi connectivity index (χ2n) is 11.2. The molecule has 21 N–H and O–H groups in total. The number of aliphatic hydroxyl groups excluding tert-OH is 8. The van der Waals surface area contributed by atoms with Crippen molar-refractivity contribution in [2.75, 3.05) is 19.7 Å². The maximum absolute atomic E-state index is 12.6. The lowest BCUT2D eigenvalue weighted by molar-refractivity contribution is -0.332. The summed E-state index contributed by atoms with van der Waals surface area (Å²) in [7, 11) is -9.33. The van der Waals surface area contributed by atoms with E-state index in [1.54, 1.807) is 0 Å². The summed E-state index contributed by atoms with van der Waals surface area (Å²) in [4.78, 5) is 12.6. The van der Waals surface area contributed by atoms with Crippen LogP contribution in [0.15, 0.2) is 0 Å². The fourth-order valence-corrected chi connectivity index (χ4v) is 5.07. The predicted molar refractivity (Wildman–Crippen MR) is 160 cm³/mol. The van der Waals surface area contributed by atoms with E-state index in [1.807, 2.05) is 0 Å². The molecule has 2 heterocycles. The highest BCUT2D eigenvalue weighted by atomic mass is 32.3. The highest BCUT2D eigenvalue weighted by Gasteiger charge is 2.52. The van der Waals surface area contributed by atoms with Crippen molar-refractivity contribution in [3.63, 3.8) is 0 Å². The van der Waals surface area contributed by atoms with E-state index in [2.05, 4.69) is 5.32 Å². The van der Waals surface area contributed by atoms with Crippen LogP contribution in [0, 0.1) is 0 Å². The average molecular weight is 782 g/mol. The zero-order chi connectivity index (χ0) is 38.9. The van der Waals surface area contributed by atoms with Gasteiger partial charge in [-0.3, -0.25) is 23.0 Å². The van der Waals surface area contributed by atoms with Crippen molar-refractivity contribution in [1.29, 1.82) is 0 Å². The maximum Gasteiger partial charge on any atom is 0.394 e. The molecule has 3 aliphatic rings. The molecule has 1 amide bonds. The molecule has 1 aliphatic carbocycles. The smallest absolute Gasteiger partial charge is 0.394 e. The summed E-state index contributed by atoms with van der Waals surface area (Å²) in [5, 5.41) is 84.9. The van der Waals surface area contributed by atoms with Gasteiger partial charge in [0.15, 0.2) is 12.6 Å². The zero-order valence-corrected chi connectivity index (χ0v) is 27.6. The lowest BCUT2D eigenvalue weighted by Gasteiger charge is -2.49. The topological polar surface area (TPSA) is 481 Å². The summed E-state index contributed by atoms with van der Waals surface area (Å²) in [6.07, 6.45) is -19.8. The highest BCUT2D eigenvalue weighted by Crippen LogP contribution is 2.32. The first-order valence-corrected chi connectivity index (χ1v) is 17.3. The Kier molecular flexibility index (Phi) is 18.8. The van der Waals surface area contributed by atoms with Crippen LogP contribution >= 0.6 is 0 Å². The van der Waals surface area contributed by atoms with Crippen LogP contribution in [-0.4, -0.2) is 199 Å². The van der Waals surface area contributed by atoms with Gasteiger partial charge in [0.05, 0.1) is 18.7 Å². The van der Waals surface area contributed by atoms with Crippen LogP contribution in [0.1, 0.15) is 12.8 Å². The van der Waals surface area contributed by atoms with E-state index in [1.165, 1.54) is 0 Å². The summed E-state index contributed by atoms with van der Waals surface area (Å²) in [6, 6.07) is -3.45. The fourth-order valence-electron chi connectivity index (χ4n) is 5.07. The molecule has 16 atom stereocenters. The molecule has 28 heteroatoms. The van der Waals surface area contributed by atoms with Crippen LogP contribution < -0.4 is 28.3 Å². The number of carbonyl (C=O) groups excluding carboxylic acids is 1. The Morgan fingerprint density at radius 2 is 1.24 bits per heavy atom. The Hall–Kier alpha value is -1.43. The number of nitrogens with two attached hydrogens (primary N) is 4. The Bertz CT molecular complexity index is 1200. The number of amides is 1. The Balaban J connectivity index is 0.00000109. The van der Waals surface area contributed by atoms with Crippen molar-refractivity contribution in [3.05, 3.63) is 0 Å². The standard InChI is InChI=1S/C22H43N5O13.2H2O4S/c23-2-1-8(29)20(36)27-7-3-6(25)18(39-22-16(34)15(33)13(31)9(4-24)37-22)17(35)19(7)40-21-14(32)11(26)12(30)10(5-28)38-21;2*1-5(2,3)4/h6-19,21-22,28-35H,1-5,23-26H2,(H,27,36);2*(H2,1,2,3,4)/t6-,7+,8?,9+,10+,11-,12+,13-,14+,15-,16+,17-,18?,19+,21+,22+;;/m0../s1. The fraction of sp³-hybridized carbons (Fsp3) is 0.955. The van der Waals surface area contributed by atoms with Crippen LogP contribution in [0.5, 0.6) is 0 Å². The van der Waals surface area contributed by atoms with Gasteiger partial charge in [-0.15, -0.1) is 0 Å². The summed E-state index contributed by atoms with van der Waals surface area (Å²) >= 11 is 0. The van der Waals surface area contributed by atoms with Crippen molar-refractivity contribution < 1.29 is 99.6 Å². The molecule has 2 unspecified atom stereocenters. The van der Waals surface area contributed by atoms with Gasteiger partial charge in [0.1, 0.15) is 67.1 Å². The number of rotatable bonds is 10. The molecule has 0 bridgehead atoms. The van der Waals surface area contributed by atoms with Gasteiger partial charge in [0.2, 0.25) is 5.91 Å². The number of aliphatic hydroxyl groups is 8. The number of hydrogen-bond donors (Lipinski definition) is 17.